The molecule has 0 N–H and O–H groups in total. The molecule has 1 aliphatic heterocycles. The molecule has 0 spiro atoms. The number of carbonyl (C=O) groups is 1. The lowest BCUT2D eigenvalue weighted by Crippen LogP contribution is -2.09. The monoisotopic (exact) mass is 370 g/mol. The highest BCUT2D eigenvalue weighted by Gasteiger charge is 2.16. The second kappa shape index (κ2) is 6.38. The van der Waals surface area contributed by atoms with Gasteiger partial charge in [-0.15, -0.1) is 0 Å². The molecular weight excluding hydrogens is 356 g/mol. The molecular formula is C19H15ClN2O4. The smallest absolute Gasteiger partial charge is 0.343 e. The standard InChI is InChI=1S/C19H15ClN2O4/c1-11-18(20)12(2)22(21-11)14-5-3-13(4-6-14)19(23)26-15-7-8-16-17(9-15)25-10-24-16/h3-9H,10H2,1-2H3. The Morgan fingerprint density at radius 3 is 2.54 bits per heavy atom. The van der Waals surface area contributed by atoms with Crippen molar-refractivity contribution in [2.75, 3.05) is 6.79 Å². The molecule has 3 aromatic rings. The molecule has 2 aromatic carbocycles. The maximum absolute atomic E-state index is 12.3. The lowest BCUT2D eigenvalue weighted by molar-refractivity contribution is 0.0734. The van der Waals surface area contributed by atoms with Gasteiger partial charge in [0.1, 0.15) is 5.75 Å². The highest BCUT2D eigenvalue weighted by Crippen LogP contribution is 2.35. The van der Waals surface area contributed by atoms with Gasteiger partial charge >= 0.3 is 5.97 Å². The Morgan fingerprint density at radius 1 is 1.12 bits per heavy atom. The van der Waals surface area contributed by atoms with Gasteiger partial charge in [0, 0.05) is 6.07 Å². The minimum atomic E-state index is -0.457. The van der Waals surface area contributed by atoms with E-state index in [1.165, 1.54) is 0 Å². The van der Waals surface area contributed by atoms with E-state index < -0.39 is 5.97 Å². The molecule has 1 aliphatic rings. The molecule has 26 heavy (non-hydrogen) atoms. The molecule has 0 aliphatic carbocycles. The summed E-state index contributed by atoms with van der Waals surface area (Å²) in [6.45, 7) is 3.91. The fourth-order valence-electron chi connectivity index (χ4n) is 2.72. The number of carbonyl (C=O) groups excluding carboxylic acids is 1. The van der Waals surface area contributed by atoms with Crippen LogP contribution in [0.25, 0.3) is 5.69 Å². The van der Waals surface area contributed by atoms with Crippen molar-refractivity contribution in [3.05, 3.63) is 64.4 Å². The van der Waals surface area contributed by atoms with Crippen molar-refractivity contribution in [2.24, 2.45) is 0 Å². The Bertz CT molecular complexity index is 996. The van der Waals surface area contributed by atoms with E-state index in [-0.39, 0.29) is 6.79 Å². The maximum Gasteiger partial charge on any atom is 0.343 e. The molecule has 0 saturated heterocycles. The molecule has 0 unspecified atom stereocenters. The quantitative estimate of drug-likeness (QED) is 0.513. The third-order valence-electron chi connectivity index (χ3n) is 4.11. The van der Waals surface area contributed by atoms with Crippen molar-refractivity contribution < 1.29 is 19.0 Å². The van der Waals surface area contributed by atoms with Crippen molar-refractivity contribution in [1.29, 1.82) is 0 Å². The second-order valence-corrected chi connectivity index (χ2v) is 6.23. The third-order valence-corrected chi connectivity index (χ3v) is 4.65. The molecule has 7 heteroatoms. The van der Waals surface area contributed by atoms with Crippen LogP contribution in [-0.4, -0.2) is 22.5 Å². The average molecular weight is 371 g/mol. The molecule has 132 valence electrons. The molecule has 0 atom stereocenters. The van der Waals surface area contributed by atoms with E-state index >= 15 is 0 Å². The molecule has 0 fully saturated rings. The molecule has 0 amide bonds. The van der Waals surface area contributed by atoms with Crippen LogP contribution in [0.5, 0.6) is 17.2 Å². The Kier molecular flexibility index (Phi) is 4.05. The summed E-state index contributed by atoms with van der Waals surface area (Å²) in [5.74, 6) is 1.14. The number of hydrogen-bond donors (Lipinski definition) is 0. The average Bonchev–Trinajstić information content (AvgIpc) is 3.21. The van der Waals surface area contributed by atoms with Crippen molar-refractivity contribution in [2.45, 2.75) is 13.8 Å². The van der Waals surface area contributed by atoms with Gasteiger partial charge in [0.05, 0.1) is 27.7 Å². The summed E-state index contributed by atoms with van der Waals surface area (Å²) in [5, 5.41) is 5.03. The lowest BCUT2D eigenvalue weighted by atomic mass is 10.2. The van der Waals surface area contributed by atoms with Crippen LogP contribution in [0.2, 0.25) is 5.02 Å². The number of rotatable bonds is 3. The lowest BCUT2D eigenvalue weighted by Gasteiger charge is -2.07. The fraction of sp³-hybridized carbons (Fsp3) is 0.158. The third kappa shape index (κ3) is 2.88. The Labute approximate surface area is 154 Å². The summed E-state index contributed by atoms with van der Waals surface area (Å²) in [6.07, 6.45) is 0. The van der Waals surface area contributed by atoms with Crippen molar-refractivity contribution >= 4 is 17.6 Å². The number of halogens is 1. The van der Waals surface area contributed by atoms with E-state index in [2.05, 4.69) is 5.10 Å². The van der Waals surface area contributed by atoms with Crippen LogP contribution in [-0.2, 0) is 0 Å². The molecule has 6 nitrogen and oxygen atoms in total. The number of aryl methyl sites for hydroxylation is 1. The van der Waals surface area contributed by atoms with Crippen LogP contribution in [0.4, 0.5) is 0 Å². The number of ether oxygens (including phenoxy) is 3. The van der Waals surface area contributed by atoms with Crippen LogP contribution in [0.15, 0.2) is 42.5 Å². The molecule has 0 saturated carbocycles. The first-order valence-corrected chi connectivity index (χ1v) is 8.35. The number of esters is 1. The summed E-state index contributed by atoms with van der Waals surface area (Å²) in [6, 6.07) is 12.0. The van der Waals surface area contributed by atoms with Crippen LogP contribution < -0.4 is 14.2 Å². The second-order valence-electron chi connectivity index (χ2n) is 5.85. The molecule has 0 radical (unpaired) electrons. The van der Waals surface area contributed by atoms with E-state index in [0.717, 1.165) is 17.1 Å². The van der Waals surface area contributed by atoms with E-state index in [9.17, 15) is 4.79 Å². The van der Waals surface area contributed by atoms with Crippen molar-refractivity contribution in [3.63, 3.8) is 0 Å². The van der Waals surface area contributed by atoms with Crippen molar-refractivity contribution in [1.82, 2.24) is 9.78 Å². The topological polar surface area (TPSA) is 62.6 Å². The Hall–Kier alpha value is -2.99. The fourth-order valence-corrected chi connectivity index (χ4v) is 2.84. The van der Waals surface area contributed by atoms with E-state index in [1.54, 1.807) is 47.1 Å². The summed E-state index contributed by atoms with van der Waals surface area (Å²) >= 11 is 6.18. The van der Waals surface area contributed by atoms with E-state index in [4.69, 9.17) is 25.8 Å². The maximum atomic E-state index is 12.3. The Morgan fingerprint density at radius 2 is 1.85 bits per heavy atom. The molecule has 1 aromatic heterocycles. The van der Waals surface area contributed by atoms with E-state index in [1.807, 2.05) is 13.8 Å². The van der Waals surface area contributed by atoms with Gasteiger partial charge in [0.15, 0.2) is 11.5 Å². The van der Waals surface area contributed by atoms with Gasteiger partial charge in [0.25, 0.3) is 0 Å². The number of aromatic nitrogens is 2. The summed E-state index contributed by atoms with van der Waals surface area (Å²) < 4.78 is 17.7. The van der Waals surface area contributed by atoms with Gasteiger partial charge in [-0.25, -0.2) is 9.48 Å². The summed E-state index contributed by atoms with van der Waals surface area (Å²) in [7, 11) is 0. The van der Waals surface area contributed by atoms with Crippen molar-refractivity contribution in [3.8, 4) is 22.9 Å². The van der Waals surface area contributed by atoms with Crippen LogP contribution >= 0.6 is 11.6 Å². The minimum absolute atomic E-state index is 0.171. The van der Waals surface area contributed by atoms with E-state index in [0.29, 0.717) is 27.8 Å². The SMILES string of the molecule is Cc1nn(-c2ccc(C(=O)Oc3ccc4c(c3)OCO4)cc2)c(C)c1Cl. The van der Waals surface area contributed by atoms with Crippen LogP contribution in [0.3, 0.4) is 0 Å². The number of benzene rings is 2. The van der Waals surface area contributed by atoms with Gasteiger partial charge in [-0.2, -0.15) is 5.10 Å². The largest absolute Gasteiger partial charge is 0.454 e. The zero-order valence-corrected chi connectivity index (χ0v) is 14.9. The normalized spacial score (nSPS) is 12.3. The number of hydrogen-bond acceptors (Lipinski definition) is 5. The highest BCUT2D eigenvalue weighted by atomic mass is 35.5. The summed E-state index contributed by atoms with van der Waals surface area (Å²) in [5.41, 5.74) is 2.85. The Balaban J connectivity index is 1.53. The molecule has 4 rings (SSSR count). The van der Waals surface area contributed by atoms with Crippen LogP contribution in [0.1, 0.15) is 21.7 Å². The van der Waals surface area contributed by atoms with Gasteiger partial charge in [-0.3, -0.25) is 0 Å². The first kappa shape index (κ1) is 16.5. The zero-order valence-electron chi connectivity index (χ0n) is 14.2. The zero-order chi connectivity index (χ0) is 18.3. The van der Waals surface area contributed by atoms with Gasteiger partial charge in [-0.1, -0.05) is 11.6 Å². The molecule has 0 bridgehead atoms. The highest BCUT2D eigenvalue weighted by molar-refractivity contribution is 6.31. The predicted molar refractivity (Wildman–Crippen MR) is 95.6 cm³/mol. The van der Waals surface area contributed by atoms with Gasteiger partial charge in [-0.05, 0) is 50.2 Å². The first-order chi connectivity index (χ1) is 12.5. The number of fused-ring (bicyclic) bond motifs is 1. The van der Waals surface area contributed by atoms with Gasteiger partial charge < -0.3 is 14.2 Å². The van der Waals surface area contributed by atoms with Crippen LogP contribution in [0, 0.1) is 13.8 Å². The predicted octanol–water partition coefficient (Wildman–Crippen LogP) is 4.09. The van der Waals surface area contributed by atoms with Gasteiger partial charge in [0.2, 0.25) is 6.79 Å². The first-order valence-electron chi connectivity index (χ1n) is 7.97. The summed E-state index contributed by atoms with van der Waals surface area (Å²) in [4.78, 5) is 12.3. The minimum Gasteiger partial charge on any atom is -0.454 e. The molecule has 2 heterocycles. The number of nitrogens with zero attached hydrogens (tertiary/aromatic N) is 2.